The highest BCUT2D eigenvalue weighted by Gasteiger charge is 2.13. The minimum Gasteiger partial charge on any atom is -0.317 e. The Morgan fingerprint density at radius 2 is 2.30 bits per heavy atom. The first-order valence-corrected chi connectivity index (χ1v) is 7.59. The normalized spacial score (nSPS) is 12.4. The van der Waals surface area contributed by atoms with Crippen molar-refractivity contribution in [3.8, 4) is 17.3 Å². The molecule has 0 spiro atoms. The maximum absolute atomic E-state index is 8.74. The Morgan fingerprint density at radius 3 is 3.10 bits per heavy atom. The van der Waals surface area contributed by atoms with Crippen molar-refractivity contribution in [3.63, 3.8) is 0 Å². The molecule has 0 fully saturated rings. The van der Waals surface area contributed by atoms with E-state index in [0.717, 1.165) is 22.3 Å². The first kappa shape index (κ1) is 13.5. The van der Waals surface area contributed by atoms with Gasteiger partial charge in [-0.25, -0.2) is 9.97 Å². The van der Waals surface area contributed by atoms with Crippen LogP contribution in [0.4, 0.5) is 0 Å². The molecule has 0 aliphatic rings. The number of nitriles is 1. The molecule has 6 nitrogen and oxygen atoms in total. The molecule has 8 heteroatoms. The van der Waals surface area contributed by atoms with Crippen molar-refractivity contribution in [1.29, 1.82) is 5.26 Å². The van der Waals surface area contributed by atoms with Gasteiger partial charge in [0.2, 0.25) is 0 Å². The molecule has 20 heavy (non-hydrogen) atoms. The first-order chi connectivity index (χ1) is 9.70. The highest BCUT2D eigenvalue weighted by molar-refractivity contribution is 14.1. The van der Waals surface area contributed by atoms with Gasteiger partial charge in [0.25, 0.3) is 0 Å². The van der Waals surface area contributed by atoms with Crippen molar-refractivity contribution in [2.24, 2.45) is 0 Å². The topological polar surface area (TPSA) is 72.3 Å². The third-order valence-electron chi connectivity index (χ3n) is 2.93. The fraction of sp³-hybridized carbons (Fsp3) is 0.167. The van der Waals surface area contributed by atoms with Crippen LogP contribution in [0.1, 0.15) is 10.5 Å². The Morgan fingerprint density at radius 1 is 1.45 bits per heavy atom. The molecule has 3 aromatic rings. The summed E-state index contributed by atoms with van der Waals surface area (Å²) in [6.07, 6.45) is 7.57. The number of rotatable bonds is 3. The van der Waals surface area contributed by atoms with Gasteiger partial charge in [-0.15, -0.1) is 0 Å². The highest BCUT2D eigenvalue weighted by atomic mass is 127. The van der Waals surface area contributed by atoms with Crippen molar-refractivity contribution in [1.82, 2.24) is 24.1 Å². The maximum Gasteiger partial charge on any atom is 0.146 e. The molecule has 0 saturated heterocycles. The molecule has 1 unspecified atom stereocenters. The smallest absolute Gasteiger partial charge is 0.146 e. The van der Waals surface area contributed by atoms with Crippen LogP contribution in [0.2, 0.25) is 0 Å². The summed E-state index contributed by atoms with van der Waals surface area (Å²) in [4.78, 5) is 8.61. The maximum atomic E-state index is 8.74. The number of fused-ring (bicyclic) bond motifs is 1. The van der Waals surface area contributed by atoms with E-state index in [1.807, 2.05) is 22.8 Å². The summed E-state index contributed by atoms with van der Waals surface area (Å²) in [5.41, 5.74) is 2.63. The van der Waals surface area contributed by atoms with E-state index >= 15 is 0 Å². The van der Waals surface area contributed by atoms with E-state index in [-0.39, 0.29) is 4.05 Å². The number of aromatic nitrogens is 5. The van der Waals surface area contributed by atoms with Crippen LogP contribution in [0.5, 0.6) is 0 Å². The summed E-state index contributed by atoms with van der Waals surface area (Å²) in [7, 11) is 2.59. The van der Waals surface area contributed by atoms with Gasteiger partial charge in [0.1, 0.15) is 16.0 Å². The number of hydrogen-bond acceptors (Lipinski definition) is 4. The third-order valence-corrected chi connectivity index (χ3v) is 4.36. The fourth-order valence-corrected chi connectivity index (χ4v) is 2.78. The quantitative estimate of drug-likeness (QED) is 0.388. The molecule has 0 radical (unpaired) electrons. The van der Waals surface area contributed by atoms with Crippen molar-refractivity contribution in [2.75, 3.05) is 0 Å². The molecule has 3 rings (SSSR count). The molecule has 0 aromatic carbocycles. The van der Waals surface area contributed by atoms with Gasteiger partial charge in [-0.1, -0.05) is 22.6 Å². The average molecular weight is 396 g/mol. The number of alkyl halides is 1. The predicted octanol–water partition coefficient (Wildman–Crippen LogP) is 2.78. The van der Waals surface area contributed by atoms with Gasteiger partial charge in [-0.05, 0) is 15.5 Å². The van der Waals surface area contributed by atoms with E-state index in [9.17, 15) is 0 Å². The molecule has 0 aliphatic heterocycles. The number of nitrogens with zero attached hydrogens (tertiary/aromatic N) is 6. The van der Waals surface area contributed by atoms with Crippen LogP contribution in [0, 0.1) is 11.3 Å². The number of hydrogen-bond donors (Lipinski definition) is 0. The molecule has 0 N–H and O–H groups in total. The van der Waals surface area contributed by atoms with Crippen molar-refractivity contribution < 1.29 is 0 Å². The zero-order chi connectivity index (χ0) is 14.1. The minimum absolute atomic E-state index is 0.0232. The van der Waals surface area contributed by atoms with Crippen LogP contribution in [-0.2, 0) is 0 Å². The lowest BCUT2D eigenvalue weighted by molar-refractivity contribution is 0.633. The lowest BCUT2D eigenvalue weighted by atomic mass is 10.2. The summed E-state index contributed by atoms with van der Waals surface area (Å²) in [6, 6.07) is 4.13. The molecular formula is C12H10IN6P. The van der Waals surface area contributed by atoms with Gasteiger partial charge < -0.3 is 4.34 Å². The fourth-order valence-electron chi connectivity index (χ4n) is 1.98. The molecule has 0 amide bonds. The Kier molecular flexibility index (Phi) is 3.68. The zero-order valence-corrected chi connectivity index (χ0v) is 13.6. The van der Waals surface area contributed by atoms with Crippen molar-refractivity contribution in [3.05, 3.63) is 31.0 Å². The van der Waals surface area contributed by atoms with Crippen LogP contribution in [0.25, 0.3) is 22.3 Å². The van der Waals surface area contributed by atoms with E-state index in [4.69, 9.17) is 5.26 Å². The van der Waals surface area contributed by atoms with Gasteiger partial charge in [0, 0.05) is 23.3 Å². The van der Waals surface area contributed by atoms with Crippen LogP contribution < -0.4 is 0 Å². The van der Waals surface area contributed by atoms with Gasteiger partial charge >= 0.3 is 0 Å². The van der Waals surface area contributed by atoms with E-state index in [0.29, 0.717) is 6.42 Å². The van der Waals surface area contributed by atoms with Crippen molar-refractivity contribution >= 4 is 43.0 Å². The lowest BCUT2D eigenvalue weighted by Gasteiger charge is -2.04. The van der Waals surface area contributed by atoms with Crippen molar-refractivity contribution in [2.45, 2.75) is 10.5 Å². The van der Waals surface area contributed by atoms with E-state index in [1.54, 1.807) is 17.2 Å². The van der Waals surface area contributed by atoms with Gasteiger partial charge in [0.15, 0.2) is 0 Å². The van der Waals surface area contributed by atoms with E-state index < -0.39 is 0 Å². The third kappa shape index (κ3) is 2.30. The second-order valence-electron chi connectivity index (χ2n) is 4.19. The molecule has 3 heterocycles. The Labute approximate surface area is 131 Å². The molecule has 0 saturated carbocycles. The summed E-state index contributed by atoms with van der Waals surface area (Å²) in [5.74, 6) is 0. The SMILES string of the molecule is N#CC[C@H](I)n1cc(-c2ncnc3c2ccn3P)cn1. The first-order valence-electron chi connectivity index (χ1n) is 5.83. The Bertz CT molecular complexity index is 802. The highest BCUT2D eigenvalue weighted by Crippen LogP contribution is 2.28. The Balaban J connectivity index is 2.06. The van der Waals surface area contributed by atoms with Crippen LogP contribution in [0.3, 0.4) is 0 Å². The minimum atomic E-state index is 0.0232. The van der Waals surface area contributed by atoms with Gasteiger partial charge in [-0.2, -0.15) is 10.4 Å². The zero-order valence-electron chi connectivity index (χ0n) is 10.3. The lowest BCUT2D eigenvalue weighted by Crippen LogP contribution is -2.00. The summed E-state index contributed by atoms with van der Waals surface area (Å²) in [5, 5.41) is 14.0. The van der Waals surface area contributed by atoms with Crippen LogP contribution >= 0.6 is 32.0 Å². The summed E-state index contributed by atoms with van der Waals surface area (Å²) >= 11 is 2.20. The molecular weight excluding hydrogens is 386 g/mol. The molecule has 0 bridgehead atoms. The molecule has 0 aliphatic carbocycles. The number of halogens is 1. The molecule has 100 valence electrons. The van der Waals surface area contributed by atoms with E-state index in [1.165, 1.54) is 0 Å². The van der Waals surface area contributed by atoms with Gasteiger partial charge in [-0.3, -0.25) is 4.68 Å². The van der Waals surface area contributed by atoms with Gasteiger partial charge in [0.05, 0.1) is 24.4 Å². The van der Waals surface area contributed by atoms with Crippen LogP contribution in [0.15, 0.2) is 31.0 Å². The standard InChI is InChI=1S/C12H10IN6P/c13-10(1-3-14)18-6-8(5-17-18)11-9-2-4-19(20)12(9)16-7-15-11/h2,4-7,10H,1,20H2/t10-/m1/s1. The second kappa shape index (κ2) is 5.46. The second-order valence-corrected chi connectivity index (χ2v) is 6.18. The predicted molar refractivity (Wildman–Crippen MR) is 87.1 cm³/mol. The molecule has 2 atom stereocenters. The molecule has 3 aromatic heterocycles. The summed E-state index contributed by atoms with van der Waals surface area (Å²) < 4.78 is 3.68. The Hall–Kier alpha value is -1.52. The van der Waals surface area contributed by atoms with E-state index in [2.05, 4.69) is 53.1 Å². The largest absolute Gasteiger partial charge is 0.317 e. The van der Waals surface area contributed by atoms with Crippen LogP contribution in [-0.4, -0.2) is 24.1 Å². The monoisotopic (exact) mass is 396 g/mol. The summed E-state index contributed by atoms with van der Waals surface area (Å²) in [6.45, 7) is 0. The average Bonchev–Trinajstić information content (AvgIpc) is 3.07.